The van der Waals surface area contributed by atoms with Crippen LogP contribution in [-0.4, -0.2) is 12.3 Å². The predicted molar refractivity (Wildman–Crippen MR) is 70.8 cm³/mol. The Morgan fingerprint density at radius 3 is 2.21 bits per heavy atom. The lowest BCUT2D eigenvalue weighted by molar-refractivity contribution is -0.0499. The fraction of sp³-hybridized carbons (Fsp3) is 0.100. The molecule has 0 fully saturated rings. The second-order valence-electron chi connectivity index (χ2n) is 2.94. The molecular formula is C10H4Br2F2N4O. The van der Waals surface area contributed by atoms with Crippen LogP contribution in [0, 0.1) is 22.7 Å². The van der Waals surface area contributed by atoms with Crippen LogP contribution in [0.25, 0.3) is 0 Å². The summed E-state index contributed by atoms with van der Waals surface area (Å²) in [6.07, 6.45) is 0. The van der Waals surface area contributed by atoms with E-state index in [1.54, 1.807) is 12.1 Å². The van der Waals surface area contributed by atoms with Gasteiger partial charge in [0.25, 0.3) is 0 Å². The number of ether oxygens (including phenoxy) is 1. The van der Waals surface area contributed by atoms with Gasteiger partial charge in [-0.15, -0.1) is 0 Å². The Morgan fingerprint density at radius 1 is 1.26 bits per heavy atom. The molecule has 98 valence electrons. The molecule has 0 heterocycles. The highest BCUT2D eigenvalue weighted by Crippen LogP contribution is 2.35. The van der Waals surface area contributed by atoms with Gasteiger partial charge < -0.3 is 4.74 Å². The molecule has 1 aromatic carbocycles. The molecule has 0 aliphatic rings. The van der Waals surface area contributed by atoms with Gasteiger partial charge in [0.1, 0.15) is 17.9 Å². The number of nitriles is 2. The normalized spacial score (nSPS) is 9.42. The number of halogens is 4. The molecule has 0 radical (unpaired) electrons. The minimum atomic E-state index is -2.93. The van der Waals surface area contributed by atoms with Crippen molar-refractivity contribution in [3.8, 4) is 17.9 Å². The summed E-state index contributed by atoms with van der Waals surface area (Å²) in [5, 5.41) is 20.6. The van der Waals surface area contributed by atoms with Crippen LogP contribution in [0.3, 0.4) is 0 Å². The van der Waals surface area contributed by atoms with Crippen molar-refractivity contribution in [1.82, 2.24) is 0 Å². The molecule has 19 heavy (non-hydrogen) atoms. The highest BCUT2D eigenvalue weighted by molar-refractivity contribution is 9.11. The molecule has 1 rings (SSSR count). The summed E-state index contributed by atoms with van der Waals surface area (Å²) in [7, 11) is 0. The number of hydrogen-bond acceptors (Lipinski definition) is 5. The van der Waals surface area contributed by atoms with E-state index < -0.39 is 6.61 Å². The summed E-state index contributed by atoms with van der Waals surface area (Å²) in [6.45, 7) is -2.93. The van der Waals surface area contributed by atoms with Gasteiger partial charge >= 0.3 is 6.61 Å². The van der Waals surface area contributed by atoms with Crippen molar-refractivity contribution in [1.29, 1.82) is 10.5 Å². The maximum Gasteiger partial charge on any atom is 0.387 e. The van der Waals surface area contributed by atoms with E-state index in [2.05, 4.69) is 47.1 Å². The van der Waals surface area contributed by atoms with Gasteiger partial charge in [-0.2, -0.15) is 24.4 Å². The molecule has 0 aliphatic heterocycles. The largest absolute Gasteiger partial charge is 0.435 e. The minimum Gasteiger partial charge on any atom is -0.435 e. The molecule has 0 atom stereocenters. The van der Waals surface area contributed by atoms with Crippen molar-refractivity contribution in [3.05, 3.63) is 21.1 Å². The van der Waals surface area contributed by atoms with Gasteiger partial charge in [-0.25, -0.2) is 0 Å². The highest BCUT2D eigenvalue weighted by Gasteiger charge is 2.11. The lowest BCUT2D eigenvalue weighted by atomic mass is 10.3. The molecule has 1 aromatic rings. The van der Waals surface area contributed by atoms with Gasteiger partial charge in [0.2, 0.25) is 5.71 Å². The Morgan fingerprint density at radius 2 is 1.79 bits per heavy atom. The molecular weight excluding hydrogens is 390 g/mol. The van der Waals surface area contributed by atoms with E-state index in [1.165, 1.54) is 12.1 Å². The van der Waals surface area contributed by atoms with E-state index in [0.717, 1.165) is 0 Å². The lowest BCUT2D eigenvalue weighted by Crippen LogP contribution is -2.03. The molecule has 0 aliphatic carbocycles. The SMILES string of the molecule is N#CC(C#N)=NNc1c(Br)cc(OC(F)F)cc1Br. The maximum absolute atomic E-state index is 12.1. The van der Waals surface area contributed by atoms with Gasteiger partial charge in [0.05, 0.1) is 5.69 Å². The van der Waals surface area contributed by atoms with E-state index >= 15 is 0 Å². The number of nitrogens with one attached hydrogen (secondary N) is 1. The van der Waals surface area contributed by atoms with Gasteiger partial charge in [0, 0.05) is 8.95 Å². The molecule has 0 spiro atoms. The van der Waals surface area contributed by atoms with Crippen molar-refractivity contribution in [3.63, 3.8) is 0 Å². The average molecular weight is 394 g/mol. The molecule has 0 unspecified atom stereocenters. The van der Waals surface area contributed by atoms with E-state index in [9.17, 15) is 8.78 Å². The van der Waals surface area contributed by atoms with Crippen LogP contribution in [0.5, 0.6) is 5.75 Å². The maximum atomic E-state index is 12.1. The Balaban J connectivity index is 3.02. The van der Waals surface area contributed by atoms with Crippen LogP contribution < -0.4 is 10.2 Å². The van der Waals surface area contributed by atoms with Crippen molar-refractivity contribution in [2.24, 2.45) is 5.10 Å². The Labute approximate surface area is 123 Å². The van der Waals surface area contributed by atoms with Crippen LogP contribution in [0.2, 0.25) is 0 Å². The van der Waals surface area contributed by atoms with E-state index in [4.69, 9.17) is 10.5 Å². The molecule has 0 saturated carbocycles. The Hall–Kier alpha value is -1.71. The molecule has 9 heteroatoms. The van der Waals surface area contributed by atoms with Gasteiger partial charge in [0.15, 0.2) is 0 Å². The predicted octanol–water partition coefficient (Wildman–Crippen LogP) is 3.63. The van der Waals surface area contributed by atoms with Crippen LogP contribution in [0.4, 0.5) is 14.5 Å². The molecule has 0 saturated heterocycles. The summed E-state index contributed by atoms with van der Waals surface area (Å²) < 4.78 is 29.1. The van der Waals surface area contributed by atoms with Gasteiger partial charge in [-0.1, -0.05) is 0 Å². The third-order valence-corrected chi connectivity index (χ3v) is 2.98. The second-order valence-corrected chi connectivity index (χ2v) is 4.64. The molecule has 0 aromatic heterocycles. The zero-order valence-corrected chi connectivity index (χ0v) is 12.2. The van der Waals surface area contributed by atoms with E-state index in [-0.39, 0.29) is 11.5 Å². The van der Waals surface area contributed by atoms with Crippen molar-refractivity contribution in [2.45, 2.75) is 6.61 Å². The molecule has 1 N–H and O–H groups in total. The smallest absolute Gasteiger partial charge is 0.387 e. The number of hydrogen-bond donors (Lipinski definition) is 1. The number of benzene rings is 1. The van der Waals surface area contributed by atoms with Crippen LogP contribution in [0.1, 0.15) is 0 Å². The fourth-order valence-electron chi connectivity index (χ4n) is 1.01. The number of hydrazone groups is 1. The summed E-state index contributed by atoms with van der Waals surface area (Å²) in [5.74, 6) is -0.0518. The van der Waals surface area contributed by atoms with Crippen molar-refractivity contribution in [2.75, 3.05) is 5.43 Å². The topological polar surface area (TPSA) is 81.2 Å². The third-order valence-electron chi connectivity index (χ3n) is 1.73. The van der Waals surface area contributed by atoms with E-state index in [1.807, 2.05) is 0 Å². The standard InChI is InChI=1S/C10H4Br2F2N4O/c11-7-1-6(19-10(13)14)2-8(12)9(7)18-17-5(3-15)4-16/h1-2,10,18H. The Bertz CT molecular complexity index is 553. The van der Waals surface area contributed by atoms with Gasteiger partial charge in [-0.3, -0.25) is 5.43 Å². The first-order valence-corrected chi connectivity index (χ1v) is 6.14. The summed E-state index contributed by atoms with van der Waals surface area (Å²) in [4.78, 5) is 0. The zero-order valence-electron chi connectivity index (χ0n) is 8.99. The zero-order chi connectivity index (χ0) is 14.4. The van der Waals surface area contributed by atoms with E-state index in [0.29, 0.717) is 14.6 Å². The number of nitrogens with zero attached hydrogens (tertiary/aromatic N) is 3. The van der Waals surface area contributed by atoms with Crippen LogP contribution >= 0.6 is 31.9 Å². The Kier molecular flexibility index (Phi) is 5.67. The first-order valence-electron chi connectivity index (χ1n) is 4.55. The quantitative estimate of drug-likeness (QED) is 0.625. The average Bonchev–Trinajstić information content (AvgIpc) is 2.32. The number of alkyl halides is 2. The van der Waals surface area contributed by atoms with Crippen molar-refractivity contribution >= 4 is 43.3 Å². The molecule has 5 nitrogen and oxygen atoms in total. The number of rotatable bonds is 4. The first kappa shape index (κ1) is 15.3. The fourth-order valence-corrected chi connectivity index (χ4v) is 2.34. The van der Waals surface area contributed by atoms with Crippen LogP contribution in [-0.2, 0) is 0 Å². The lowest BCUT2D eigenvalue weighted by Gasteiger charge is -2.10. The monoisotopic (exact) mass is 392 g/mol. The highest BCUT2D eigenvalue weighted by atomic mass is 79.9. The summed E-state index contributed by atoms with van der Waals surface area (Å²) >= 11 is 6.26. The van der Waals surface area contributed by atoms with Crippen molar-refractivity contribution < 1.29 is 13.5 Å². The van der Waals surface area contributed by atoms with Gasteiger partial charge in [-0.05, 0) is 44.0 Å². The summed E-state index contributed by atoms with van der Waals surface area (Å²) in [6, 6.07) is 5.74. The second kappa shape index (κ2) is 7.02. The molecule has 0 bridgehead atoms. The third kappa shape index (κ3) is 4.47. The van der Waals surface area contributed by atoms with Crippen LogP contribution in [0.15, 0.2) is 26.2 Å². The number of anilines is 1. The molecule has 0 amide bonds. The summed E-state index contributed by atoms with van der Waals surface area (Å²) in [5.41, 5.74) is 2.47. The minimum absolute atomic E-state index is 0.0518. The first-order chi connectivity index (χ1) is 8.97.